The second-order valence-corrected chi connectivity index (χ2v) is 6.24. The Morgan fingerprint density at radius 2 is 2.18 bits per heavy atom. The molecule has 2 nitrogen and oxygen atoms in total. The number of aliphatic imine (C=N–C) groups is 1. The van der Waals surface area contributed by atoms with E-state index in [2.05, 4.69) is 49.7 Å². The molecular formula is C13H18N2S2. The van der Waals surface area contributed by atoms with Gasteiger partial charge in [0.15, 0.2) is 5.17 Å². The predicted molar refractivity (Wildman–Crippen MR) is 80.4 cm³/mol. The zero-order chi connectivity index (χ0) is 12.3. The van der Waals surface area contributed by atoms with E-state index < -0.39 is 0 Å². The van der Waals surface area contributed by atoms with Crippen molar-refractivity contribution >= 4 is 34.4 Å². The minimum atomic E-state index is 0.462. The van der Waals surface area contributed by atoms with Gasteiger partial charge in [0, 0.05) is 10.6 Å². The molecule has 0 saturated carbocycles. The van der Waals surface area contributed by atoms with Gasteiger partial charge in [0.05, 0.1) is 11.7 Å². The number of nitrogens with zero attached hydrogens (tertiary/aromatic N) is 1. The molecule has 0 saturated heterocycles. The summed E-state index contributed by atoms with van der Waals surface area (Å²) in [4.78, 5) is 5.98. The van der Waals surface area contributed by atoms with Crippen molar-refractivity contribution < 1.29 is 0 Å². The summed E-state index contributed by atoms with van der Waals surface area (Å²) in [7, 11) is 0. The van der Waals surface area contributed by atoms with Crippen molar-refractivity contribution in [1.82, 2.24) is 0 Å². The number of hydrogen-bond acceptors (Lipinski definition) is 4. The van der Waals surface area contributed by atoms with Gasteiger partial charge in [-0.3, -0.25) is 4.99 Å². The van der Waals surface area contributed by atoms with Crippen molar-refractivity contribution in [3.8, 4) is 0 Å². The molecule has 1 aliphatic heterocycles. The summed E-state index contributed by atoms with van der Waals surface area (Å²) < 4.78 is 0. The lowest BCUT2D eigenvalue weighted by molar-refractivity contribution is 0.543. The molecule has 0 aromatic heterocycles. The van der Waals surface area contributed by atoms with E-state index >= 15 is 0 Å². The van der Waals surface area contributed by atoms with Gasteiger partial charge in [-0.15, -0.1) is 11.8 Å². The number of hydrogen-bond donors (Lipinski definition) is 1. The van der Waals surface area contributed by atoms with E-state index in [1.54, 1.807) is 11.8 Å². The van der Waals surface area contributed by atoms with Gasteiger partial charge < -0.3 is 5.32 Å². The first-order valence-corrected chi connectivity index (χ1v) is 8.02. The fraction of sp³-hybridized carbons (Fsp3) is 0.462. The number of thioether (sulfide) groups is 2. The highest BCUT2D eigenvalue weighted by Crippen LogP contribution is 2.28. The van der Waals surface area contributed by atoms with Gasteiger partial charge in [-0.1, -0.05) is 37.7 Å². The van der Waals surface area contributed by atoms with Gasteiger partial charge in [0.25, 0.3) is 0 Å². The average Bonchev–Trinajstić information content (AvgIpc) is 2.78. The van der Waals surface area contributed by atoms with Crippen molar-refractivity contribution in [2.75, 3.05) is 17.3 Å². The summed E-state index contributed by atoms with van der Waals surface area (Å²) in [5.74, 6) is 1.72. The Hall–Kier alpha value is -0.610. The van der Waals surface area contributed by atoms with Crippen LogP contribution in [0.2, 0.25) is 0 Å². The maximum absolute atomic E-state index is 4.72. The third kappa shape index (κ3) is 3.19. The van der Waals surface area contributed by atoms with Crippen LogP contribution >= 0.6 is 23.5 Å². The summed E-state index contributed by atoms with van der Waals surface area (Å²) in [6, 6.07) is 8.83. The number of amidine groups is 1. The van der Waals surface area contributed by atoms with Gasteiger partial charge in [-0.05, 0) is 24.3 Å². The number of benzene rings is 1. The molecule has 0 bridgehead atoms. The first-order valence-electron chi connectivity index (χ1n) is 5.81. The summed E-state index contributed by atoms with van der Waals surface area (Å²) in [5, 5.41) is 4.50. The largest absolute Gasteiger partial charge is 0.334 e. The average molecular weight is 266 g/mol. The molecule has 0 radical (unpaired) electrons. The second kappa shape index (κ2) is 5.83. The molecular weight excluding hydrogens is 248 g/mol. The van der Waals surface area contributed by atoms with Crippen molar-refractivity contribution in [3.63, 3.8) is 0 Å². The van der Waals surface area contributed by atoms with Crippen molar-refractivity contribution in [2.45, 2.75) is 24.8 Å². The standard InChI is InChI=1S/C13H18N2S2/c1-9(2)11-8-17-13(15-11)14-10-6-4-5-7-12(10)16-3/h4-7,9,11H,8H2,1-3H3,(H,14,15). The number of rotatable bonds is 3. The molecule has 1 unspecified atom stereocenters. The summed E-state index contributed by atoms with van der Waals surface area (Å²) >= 11 is 3.58. The van der Waals surface area contributed by atoms with E-state index in [9.17, 15) is 0 Å². The quantitative estimate of drug-likeness (QED) is 0.838. The molecule has 1 heterocycles. The fourth-order valence-electron chi connectivity index (χ4n) is 1.66. The Morgan fingerprint density at radius 3 is 2.82 bits per heavy atom. The minimum absolute atomic E-state index is 0.462. The fourth-order valence-corrected chi connectivity index (χ4v) is 3.40. The lowest BCUT2D eigenvalue weighted by Crippen LogP contribution is -2.12. The van der Waals surface area contributed by atoms with Crippen LogP contribution in [0.1, 0.15) is 13.8 Å². The number of para-hydroxylation sites is 1. The Kier molecular flexibility index (Phi) is 4.40. The third-order valence-corrected chi connectivity index (χ3v) is 4.58. The van der Waals surface area contributed by atoms with Crippen LogP contribution in [0.5, 0.6) is 0 Å². The summed E-state index contributed by atoms with van der Waals surface area (Å²) in [6.45, 7) is 4.46. The van der Waals surface area contributed by atoms with Gasteiger partial charge in [0.2, 0.25) is 0 Å². The van der Waals surface area contributed by atoms with E-state index in [4.69, 9.17) is 4.99 Å². The van der Waals surface area contributed by atoms with E-state index in [0.717, 1.165) is 16.6 Å². The lowest BCUT2D eigenvalue weighted by Gasteiger charge is -2.09. The highest BCUT2D eigenvalue weighted by Gasteiger charge is 2.21. The molecule has 2 rings (SSSR count). The Bertz CT molecular complexity index is 416. The first kappa shape index (κ1) is 12.8. The molecule has 17 heavy (non-hydrogen) atoms. The van der Waals surface area contributed by atoms with Gasteiger partial charge in [-0.2, -0.15) is 0 Å². The number of nitrogens with one attached hydrogen (secondary N) is 1. The van der Waals surface area contributed by atoms with Crippen LogP contribution in [-0.2, 0) is 0 Å². The van der Waals surface area contributed by atoms with E-state index in [1.165, 1.54) is 4.90 Å². The van der Waals surface area contributed by atoms with Crippen molar-refractivity contribution in [1.29, 1.82) is 0 Å². The van der Waals surface area contributed by atoms with Crippen LogP contribution in [0, 0.1) is 5.92 Å². The van der Waals surface area contributed by atoms with Crippen LogP contribution < -0.4 is 5.32 Å². The molecule has 1 aliphatic rings. The van der Waals surface area contributed by atoms with Gasteiger partial charge >= 0.3 is 0 Å². The topological polar surface area (TPSA) is 24.4 Å². The van der Waals surface area contributed by atoms with E-state index in [1.807, 2.05) is 11.8 Å². The molecule has 92 valence electrons. The lowest BCUT2D eigenvalue weighted by atomic mass is 10.1. The van der Waals surface area contributed by atoms with E-state index in [0.29, 0.717) is 12.0 Å². The summed E-state index contributed by atoms with van der Waals surface area (Å²) in [5.41, 5.74) is 1.16. The maximum Gasteiger partial charge on any atom is 0.161 e. The van der Waals surface area contributed by atoms with Gasteiger partial charge in [0.1, 0.15) is 0 Å². The smallest absolute Gasteiger partial charge is 0.161 e. The monoisotopic (exact) mass is 266 g/mol. The molecule has 1 N–H and O–H groups in total. The molecule has 1 atom stereocenters. The molecule has 0 amide bonds. The van der Waals surface area contributed by atoms with Crippen molar-refractivity contribution in [3.05, 3.63) is 24.3 Å². The minimum Gasteiger partial charge on any atom is -0.334 e. The molecule has 0 aliphatic carbocycles. The van der Waals surface area contributed by atoms with Crippen LogP contribution in [0.25, 0.3) is 0 Å². The molecule has 0 fully saturated rings. The normalized spacial score (nSPS) is 19.5. The Labute approximate surface area is 112 Å². The Morgan fingerprint density at radius 1 is 1.41 bits per heavy atom. The summed E-state index contributed by atoms with van der Waals surface area (Å²) in [6.07, 6.45) is 2.10. The highest BCUT2D eigenvalue weighted by atomic mass is 32.2. The van der Waals surface area contributed by atoms with Crippen LogP contribution in [-0.4, -0.2) is 23.2 Å². The maximum atomic E-state index is 4.72. The van der Waals surface area contributed by atoms with Crippen LogP contribution in [0.3, 0.4) is 0 Å². The second-order valence-electron chi connectivity index (χ2n) is 4.38. The third-order valence-electron chi connectivity index (χ3n) is 2.79. The van der Waals surface area contributed by atoms with Crippen molar-refractivity contribution in [2.24, 2.45) is 10.9 Å². The number of anilines is 1. The van der Waals surface area contributed by atoms with Gasteiger partial charge in [-0.25, -0.2) is 0 Å². The molecule has 0 spiro atoms. The first-order chi connectivity index (χ1) is 8.20. The zero-order valence-corrected chi connectivity index (χ0v) is 12.1. The highest BCUT2D eigenvalue weighted by molar-refractivity contribution is 8.14. The van der Waals surface area contributed by atoms with E-state index in [-0.39, 0.29) is 0 Å². The molecule has 1 aromatic rings. The van der Waals surface area contributed by atoms with Crippen LogP contribution in [0.4, 0.5) is 5.69 Å². The zero-order valence-electron chi connectivity index (χ0n) is 10.4. The predicted octanol–water partition coefficient (Wildman–Crippen LogP) is 3.95. The Balaban J connectivity index is 2.09. The van der Waals surface area contributed by atoms with Crippen LogP contribution in [0.15, 0.2) is 34.2 Å². The molecule has 4 heteroatoms. The SMILES string of the molecule is CSc1ccccc1NC1=NC(C(C)C)CS1. The molecule has 1 aromatic carbocycles.